The highest BCUT2D eigenvalue weighted by atomic mass is 32.2. The molecule has 1 heterocycles. The van der Waals surface area contributed by atoms with Crippen molar-refractivity contribution in [3.8, 4) is 0 Å². The van der Waals surface area contributed by atoms with Crippen LogP contribution in [0.25, 0.3) is 0 Å². The fourth-order valence-corrected chi connectivity index (χ4v) is 7.30. The van der Waals surface area contributed by atoms with Crippen LogP contribution in [0.1, 0.15) is 45.8 Å². The molecule has 3 rings (SSSR count). The quantitative estimate of drug-likeness (QED) is 0.845. The Labute approximate surface area is 161 Å². The smallest absolute Gasteiger partial charge is 0.224 e. The van der Waals surface area contributed by atoms with Crippen molar-refractivity contribution in [3.63, 3.8) is 0 Å². The van der Waals surface area contributed by atoms with E-state index in [0.29, 0.717) is 10.5 Å². The predicted octanol–water partition coefficient (Wildman–Crippen LogP) is 3.43. The number of rotatable bonds is 3. The molecule has 0 spiro atoms. The molecule has 0 saturated heterocycles. The van der Waals surface area contributed by atoms with Gasteiger partial charge in [0.2, 0.25) is 10.0 Å². The molecule has 0 fully saturated rings. The first-order chi connectivity index (χ1) is 12.5. The van der Waals surface area contributed by atoms with Gasteiger partial charge in [-0.1, -0.05) is 18.2 Å². The number of hydrogen-bond acceptors (Lipinski definition) is 4. The molecule has 1 atom stereocenters. The van der Waals surface area contributed by atoms with Crippen molar-refractivity contribution in [3.05, 3.63) is 57.6 Å². The lowest BCUT2D eigenvalue weighted by molar-refractivity contribution is 0.527. The average Bonchev–Trinajstić information content (AvgIpc) is 2.61. The maximum atomic E-state index is 13.3. The van der Waals surface area contributed by atoms with E-state index in [4.69, 9.17) is 0 Å². The van der Waals surface area contributed by atoms with Gasteiger partial charge in [0.1, 0.15) is 0 Å². The minimum Gasteiger partial charge on any atom is -0.224 e. The van der Waals surface area contributed by atoms with Gasteiger partial charge in [-0.05, 0) is 80.5 Å². The predicted molar refractivity (Wildman–Crippen MR) is 106 cm³/mol. The zero-order valence-corrected chi connectivity index (χ0v) is 17.9. The molecule has 146 valence electrons. The lowest BCUT2D eigenvalue weighted by Crippen LogP contribution is -2.34. The van der Waals surface area contributed by atoms with Crippen LogP contribution in [0.4, 0.5) is 0 Å². The van der Waals surface area contributed by atoms with Crippen molar-refractivity contribution < 1.29 is 16.8 Å². The molecule has 27 heavy (non-hydrogen) atoms. The summed E-state index contributed by atoms with van der Waals surface area (Å²) in [7, 11) is -7.17. The van der Waals surface area contributed by atoms with Crippen LogP contribution in [0.15, 0.2) is 34.1 Å². The van der Waals surface area contributed by atoms with Gasteiger partial charge in [0, 0.05) is 6.04 Å². The zero-order valence-electron chi connectivity index (χ0n) is 16.3. The Kier molecular flexibility index (Phi) is 4.99. The van der Waals surface area contributed by atoms with Gasteiger partial charge in [-0.2, -0.15) is 0 Å². The minimum atomic E-state index is -3.81. The molecule has 1 aliphatic heterocycles. The Morgan fingerprint density at radius 2 is 1.41 bits per heavy atom. The molecule has 7 heteroatoms. The second-order valence-corrected chi connectivity index (χ2v) is 11.0. The molecule has 2 aromatic carbocycles. The van der Waals surface area contributed by atoms with Crippen LogP contribution in [0, 0.1) is 34.6 Å². The normalized spacial score (nSPS) is 18.9. The van der Waals surface area contributed by atoms with Crippen LogP contribution in [-0.2, 0) is 19.9 Å². The highest BCUT2D eigenvalue weighted by molar-refractivity contribution is 7.91. The molecule has 1 aliphatic rings. The third-order valence-corrected chi connectivity index (χ3v) is 9.36. The van der Waals surface area contributed by atoms with Crippen LogP contribution in [0.5, 0.6) is 0 Å². The Bertz CT molecular complexity index is 1100. The highest BCUT2D eigenvalue weighted by Gasteiger charge is 2.34. The lowest BCUT2D eigenvalue weighted by Gasteiger charge is -2.27. The summed E-state index contributed by atoms with van der Waals surface area (Å²) in [5, 5.41) is 0. The maximum absolute atomic E-state index is 13.3. The minimum absolute atomic E-state index is 0.0683. The van der Waals surface area contributed by atoms with E-state index in [0.717, 1.165) is 27.8 Å². The van der Waals surface area contributed by atoms with Crippen molar-refractivity contribution in [2.24, 2.45) is 0 Å². The third kappa shape index (κ3) is 3.32. The van der Waals surface area contributed by atoms with Gasteiger partial charge in [0.15, 0.2) is 9.84 Å². The Morgan fingerprint density at radius 1 is 0.889 bits per heavy atom. The second-order valence-electron chi connectivity index (χ2n) is 7.27. The summed E-state index contributed by atoms with van der Waals surface area (Å²) >= 11 is 0. The van der Waals surface area contributed by atoms with Crippen molar-refractivity contribution >= 4 is 19.9 Å². The molecule has 5 nitrogen and oxygen atoms in total. The third-order valence-electron chi connectivity index (χ3n) is 5.80. The van der Waals surface area contributed by atoms with Gasteiger partial charge in [0.25, 0.3) is 0 Å². The van der Waals surface area contributed by atoms with Gasteiger partial charge in [-0.15, -0.1) is 0 Å². The summed E-state index contributed by atoms with van der Waals surface area (Å²) in [6, 6.07) is 6.06. The van der Waals surface area contributed by atoms with Gasteiger partial charge in [0.05, 0.1) is 15.5 Å². The first-order valence-electron chi connectivity index (χ1n) is 8.88. The van der Waals surface area contributed by atoms with Crippen molar-refractivity contribution in [1.82, 2.24) is 4.72 Å². The van der Waals surface area contributed by atoms with E-state index in [1.807, 2.05) is 34.6 Å². The molecule has 0 amide bonds. The number of sulfonamides is 1. The Morgan fingerprint density at radius 3 is 2.00 bits per heavy atom. The number of benzene rings is 2. The Hall–Kier alpha value is -1.70. The van der Waals surface area contributed by atoms with Crippen LogP contribution < -0.4 is 4.72 Å². The van der Waals surface area contributed by atoms with Crippen molar-refractivity contribution in [2.75, 3.05) is 5.75 Å². The van der Waals surface area contributed by atoms with Crippen molar-refractivity contribution in [2.45, 2.75) is 56.9 Å². The zero-order chi connectivity index (χ0) is 20.1. The van der Waals surface area contributed by atoms with Gasteiger partial charge in [-0.25, -0.2) is 21.6 Å². The summed E-state index contributed by atoms with van der Waals surface area (Å²) in [6.07, 6.45) is 0.223. The van der Waals surface area contributed by atoms with Gasteiger partial charge in [-0.3, -0.25) is 0 Å². The molecular formula is C20H25NO4S2. The van der Waals surface area contributed by atoms with E-state index >= 15 is 0 Å². The number of hydrogen-bond donors (Lipinski definition) is 1. The number of nitrogens with one attached hydrogen (secondary N) is 1. The van der Waals surface area contributed by atoms with Crippen LogP contribution in [-0.4, -0.2) is 22.6 Å². The van der Waals surface area contributed by atoms with Gasteiger partial charge >= 0.3 is 0 Å². The van der Waals surface area contributed by atoms with Crippen LogP contribution in [0.3, 0.4) is 0 Å². The molecule has 0 saturated carbocycles. The van der Waals surface area contributed by atoms with Gasteiger partial charge < -0.3 is 0 Å². The summed E-state index contributed by atoms with van der Waals surface area (Å²) in [5.74, 6) is -0.0683. The maximum Gasteiger partial charge on any atom is 0.241 e. The lowest BCUT2D eigenvalue weighted by atomic mass is 9.95. The van der Waals surface area contributed by atoms with E-state index in [9.17, 15) is 16.8 Å². The van der Waals surface area contributed by atoms with Crippen LogP contribution in [0.2, 0.25) is 0 Å². The standard InChI is InChI=1S/C20H25NO4S2/c1-12-13(2)15(4)20(16(5)14(12)3)27(24,25)21-18-10-11-26(22,23)19-9-7-6-8-17(18)19/h6-9,18,21H,10-11H2,1-5H3/t18-/m0/s1. The first kappa shape index (κ1) is 20.0. The monoisotopic (exact) mass is 407 g/mol. The molecule has 0 bridgehead atoms. The molecule has 0 unspecified atom stereocenters. The average molecular weight is 408 g/mol. The molecule has 0 radical (unpaired) electrons. The topological polar surface area (TPSA) is 80.3 Å². The fourth-order valence-electron chi connectivity index (χ4n) is 3.83. The molecule has 2 aromatic rings. The largest absolute Gasteiger partial charge is 0.241 e. The summed E-state index contributed by atoms with van der Waals surface area (Å²) in [6.45, 7) is 9.50. The molecule has 0 aromatic heterocycles. The number of sulfone groups is 1. The number of fused-ring (bicyclic) bond motifs is 1. The van der Waals surface area contributed by atoms with Crippen LogP contribution >= 0.6 is 0 Å². The van der Waals surface area contributed by atoms with E-state index in [1.165, 1.54) is 0 Å². The van der Waals surface area contributed by atoms with Crippen molar-refractivity contribution in [1.29, 1.82) is 0 Å². The second kappa shape index (κ2) is 6.72. The first-order valence-corrected chi connectivity index (χ1v) is 12.0. The Balaban J connectivity index is 2.10. The molecule has 0 aliphatic carbocycles. The molecule has 1 N–H and O–H groups in total. The summed E-state index contributed by atoms with van der Waals surface area (Å²) in [4.78, 5) is 0.516. The van der Waals surface area contributed by atoms with E-state index in [2.05, 4.69) is 4.72 Å². The summed E-state index contributed by atoms with van der Waals surface area (Å²) in [5.41, 5.74) is 5.01. The van der Waals surface area contributed by atoms with E-state index < -0.39 is 25.9 Å². The van der Waals surface area contributed by atoms with E-state index in [-0.39, 0.29) is 17.1 Å². The fraction of sp³-hybridized carbons (Fsp3) is 0.400. The highest BCUT2D eigenvalue weighted by Crippen LogP contribution is 2.35. The van der Waals surface area contributed by atoms with E-state index in [1.54, 1.807) is 24.3 Å². The SMILES string of the molecule is Cc1c(C)c(C)c(S(=O)(=O)N[C@H]2CCS(=O)(=O)c3ccccc32)c(C)c1C. The molecular weight excluding hydrogens is 382 g/mol. The summed E-state index contributed by atoms with van der Waals surface area (Å²) < 4.78 is 53.9.